The minimum absolute atomic E-state index is 0.190. The molecule has 7 nitrogen and oxygen atoms in total. The summed E-state index contributed by atoms with van der Waals surface area (Å²) in [5.74, 6) is 1.02. The number of amides is 1. The molecular formula is C19H25N5O2S. The molecule has 0 bridgehead atoms. The van der Waals surface area contributed by atoms with Gasteiger partial charge in [-0.2, -0.15) is 0 Å². The number of carbonyl (C=O) groups excluding carboxylic acids is 1. The molecule has 0 fully saturated rings. The topological polar surface area (TPSA) is 79.4 Å². The van der Waals surface area contributed by atoms with Gasteiger partial charge < -0.3 is 15.0 Å². The monoisotopic (exact) mass is 387 g/mol. The van der Waals surface area contributed by atoms with Crippen molar-refractivity contribution in [3.8, 4) is 5.88 Å². The fourth-order valence-electron chi connectivity index (χ4n) is 2.19. The number of nitrogens with zero attached hydrogens (tertiary/aromatic N) is 3. The standard InChI is InChI=1S/C19H25N5O2S/c1-4-5-6-11-26-17-10-8-15(13-21-17)22-19(27)23-18(25)14-7-9-16(20-12-14)24(2)3/h7-10,12-13H,4-6,11H2,1-3H3,(H2,22,23,25,27). The van der Waals surface area contributed by atoms with Gasteiger partial charge in [0.05, 0.1) is 24.1 Å². The molecule has 2 heterocycles. The molecule has 0 spiro atoms. The van der Waals surface area contributed by atoms with Crippen LogP contribution in [0.4, 0.5) is 11.5 Å². The lowest BCUT2D eigenvalue weighted by atomic mass is 10.2. The number of hydrogen-bond donors (Lipinski definition) is 2. The lowest BCUT2D eigenvalue weighted by molar-refractivity contribution is 0.0977. The van der Waals surface area contributed by atoms with Crippen molar-refractivity contribution < 1.29 is 9.53 Å². The van der Waals surface area contributed by atoms with E-state index in [0.29, 0.717) is 23.7 Å². The number of aromatic nitrogens is 2. The van der Waals surface area contributed by atoms with E-state index in [4.69, 9.17) is 17.0 Å². The third kappa shape index (κ3) is 6.82. The lowest BCUT2D eigenvalue weighted by Crippen LogP contribution is -2.34. The van der Waals surface area contributed by atoms with E-state index in [2.05, 4.69) is 27.5 Å². The molecule has 0 saturated carbocycles. The highest BCUT2D eigenvalue weighted by Crippen LogP contribution is 2.12. The van der Waals surface area contributed by atoms with E-state index in [9.17, 15) is 4.79 Å². The maximum absolute atomic E-state index is 12.2. The van der Waals surface area contributed by atoms with Gasteiger partial charge in [0.15, 0.2) is 5.11 Å². The van der Waals surface area contributed by atoms with Crippen molar-refractivity contribution in [3.63, 3.8) is 0 Å². The van der Waals surface area contributed by atoms with E-state index < -0.39 is 0 Å². The zero-order chi connectivity index (χ0) is 19.6. The average Bonchev–Trinajstić information content (AvgIpc) is 2.66. The van der Waals surface area contributed by atoms with Gasteiger partial charge in [0.1, 0.15) is 5.82 Å². The second kappa shape index (κ2) is 10.4. The van der Waals surface area contributed by atoms with Crippen LogP contribution in [0.1, 0.15) is 36.5 Å². The number of hydrogen-bond acceptors (Lipinski definition) is 6. The Bertz CT molecular complexity index is 748. The molecule has 2 aromatic rings. The summed E-state index contributed by atoms with van der Waals surface area (Å²) in [6.45, 7) is 2.80. The zero-order valence-corrected chi connectivity index (χ0v) is 16.7. The zero-order valence-electron chi connectivity index (χ0n) is 15.9. The highest BCUT2D eigenvalue weighted by atomic mass is 32.1. The van der Waals surface area contributed by atoms with Crippen molar-refractivity contribution in [1.82, 2.24) is 15.3 Å². The van der Waals surface area contributed by atoms with Crippen LogP contribution in [0.15, 0.2) is 36.7 Å². The summed E-state index contributed by atoms with van der Waals surface area (Å²) >= 11 is 5.18. The number of thiocarbonyl (C=S) groups is 1. The molecule has 0 aliphatic heterocycles. The van der Waals surface area contributed by atoms with Gasteiger partial charge in [-0.25, -0.2) is 9.97 Å². The summed E-state index contributed by atoms with van der Waals surface area (Å²) in [6.07, 6.45) is 6.43. The van der Waals surface area contributed by atoms with E-state index in [1.54, 1.807) is 30.5 Å². The number of rotatable bonds is 8. The molecule has 0 aromatic carbocycles. The first-order valence-electron chi connectivity index (χ1n) is 8.84. The smallest absolute Gasteiger partial charge is 0.258 e. The van der Waals surface area contributed by atoms with Crippen LogP contribution >= 0.6 is 12.2 Å². The molecule has 0 atom stereocenters. The Balaban J connectivity index is 1.83. The fourth-order valence-corrected chi connectivity index (χ4v) is 2.40. The van der Waals surface area contributed by atoms with Crippen LogP contribution in [-0.2, 0) is 0 Å². The average molecular weight is 388 g/mol. The van der Waals surface area contributed by atoms with Gasteiger partial charge in [0, 0.05) is 26.4 Å². The van der Waals surface area contributed by atoms with Gasteiger partial charge in [-0.3, -0.25) is 10.1 Å². The third-order valence-corrected chi connectivity index (χ3v) is 3.89. The van der Waals surface area contributed by atoms with Crippen LogP contribution in [-0.4, -0.2) is 41.7 Å². The van der Waals surface area contributed by atoms with E-state index in [1.165, 1.54) is 6.20 Å². The summed E-state index contributed by atoms with van der Waals surface area (Å²) < 4.78 is 5.56. The second-order valence-corrected chi connectivity index (χ2v) is 6.56. The molecule has 2 aromatic heterocycles. The Morgan fingerprint density at radius 3 is 2.56 bits per heavy atom. The van der Waals surface area contributed by atoms with Crippen LogP contribution in [0.3, 0.4) is 0 Å². The molecule has 2 N–H and O–H groups in total. The molecule has 0 aliphatic carbocycles. The Labute approximate surface area is 165 Å². The molecular weight excluding hydrogens is 362 g/mol. The first-order valence-corrected chi connectivity index (χ1v) is 9.25. The molecule has 2 rings (SSSR count). The molecule has 8 heteroatoms. The van der Waals surface area contributed by atoms with Gasteiger partial charge >= 0.3 is 0 Å². The van der Waals surface area contributed by atoms with Crippen LogP contribution in [0.25, 0.3) is 0 Å². The summed E-state index contributed by atoms with van der Waals surface area (Å²) in [4.78, 5) is 22.5. The maximum atomic E-state index is 12.2. The number of anilines is 2. The molecule has 0 radical (unpaired) electrons. The van der Waals surface area contributed by atoms with Crippen LogP contribution in [0.5, 0.6) is 5.88 Å². The van der Waals surface area contributed by atoms with Crippen molar-refractivity contribution in [2.45, 2.75) is 26.2 Å². The van der Waals surface area contributed by atoms with Crippen molar-refractivity contribution >= 4 is 34.7 Å². The van der Waals surface area contributed by atoms with Gasteiger partial charge in [0.25, 0.3) is 5.91 Å². The Morgan fingerprint density at radius 1 is 1.15 bits per heavy atom. The molecule has 27 heavy (non-hydrogen) atoms. The lowest BCUT2D eigenvalue weighted by Gasteiger charge is -2.12. The predicted molar refractivity (Wildman–Crippen MR) is 112 cm³/mol. The van der Waals surface area contributed by atoms with Crippen molar-refractivity contribution in [2.24, 2.45) is 0 Å². The van der Waals surface area contributed by atoms with E-state index >= 15 is 0 Å². The fraction of sp³-hybridized carbons (Fsp3) is 0.368. The Hall–Kier alpha value is -2.74. The summed E-state index contributed by atoms with van der Waals surface area (Å²) in [5.41, 5.74) is 1.10. The minimum atomic E-state index is -0.325. The first-order chi connectivity index (χ1) is 13.0. The summed E-state index contributed by atoms with van der Waals surface area (Å²) in [7, 11) is 3.77. The van der Waals surface area contributed by atoms with E-state index in [0.717, 1.165) is 25.1 Å². The van der Waals surface area contributed by atoms with Gasteiger partial charge in [0.2, 0.25) is 5.88 Å². The molecule has 0 saturated heterocycles. The third-order valence-electron chi connectivity index (χ3n) is 3.69. The van der Waals surface area contributed by atoms with E-state index in [-0.39, 0.29) is 11.0 Å². The number of pyridine rings is 2. The Kier molecular flexibility index (Phi) is 7.94. The van der Waals surface area contributed by atoms with Crippen molar-refractivity contribution in [3.05, 3.63) is 42.2 Å². The van der Waals surface area contributed by atoms with Crippen molar-refractivity contribution in [1.29, 1.82) is 0 Å². The molecule has 0 aliphatic rings. The highest BCUT2D eigenvalue weighted by Gasteiger charge is 2.09. The van der Waals surface area contributed by atoms with Crippen LogP contribution < -0.4 is 20.3 Å². The predicted octanol–water partition coefficient (Wildman–Crippen LogP) is 3.24. The minimum Gasteiger partial charge on any atom is -0.478 e. The summed E-state index contributed by atoms with van der Waals surface area (Å²) in [5, 5.41) is 5.74. The van der Waals surface area contributed by atoms with Gasteiger partial charge in [-0.15, -0.1) is 0 Å². The second-order valence-electron chi connectivity index (χ2n) is 6.15. The Morgan fingerprint density at radius 2 is 1.96 bits per heavy atom. The normalized spacial score (nSPS) is 10.2. The van der Waals surface area contributed by atoms with E-state index in [1.807, 2.05) is 19.0 Å². The highest BCUT2D eigenvalue weighted by molar-refractivity contribution is 7.80. The molecule has 0 unspecified atom stereocenters. The maximum Gasteiger partial charge on any atom is 0.258 e. The largest absolute Gasteiger partial charge is 0.478 e. The summed E-state index contributed by atoms with van der Waals surface area (Å²) in [6, 6.07) is 7.04. The molecule has 144 valence electrons. The SMILES string of the molecule is CCCCCOc1ccc(NC(=S)NC(=O)c2ccc(N(C)C)nc2)cn1. The van der Waals surface area contributed by atoms with Gasteiger partial charge in [-0.1, -0.05) is 19.8 Å². The van der Waals surface area contributed by atoms with Crippen molar-refractivity contribution in [2.75, 3.05) is 30.9 Å². The molecule has 1 amide bonds. The number of unbranched alkanes of at least 4 members (excludes halogenated alkanes) is 2. The number of nitrogens with one attached hydrogen (secondary N) is 2. The quantitative estimate of drug-likeness (QED) is 0.532. The van der Waals surface area contributed by atoms with Crippen LogP contribution in [0, 0.1) is 0 Å². The van der Waals surface area contributed by atoms with Crippen LogP contribution in [0.2, 0.25) is 0 Å². The van der Waals surface area contributed by atoms with Gasteiger partial charge in [-0.05, 0) is 36.8 Å². The number of ether oxygens (including phenoxy) is 1. The number of carbonyl (C=O) groups is 1. The first kappa shape index (κ1) is 20.6.